The van der Waals surface area contributed by atoms with E-state index in [0.29, 0.717) is 16.5 Å². The molecule has 0 saturated heterocycles. The van der Waals surface area contributed by atoms with Crippen molar-refractivity contribution in [3.8, 4) is 0 Å². The van der Waals surface area contributed by atoms with Gasteiger partial charge in [0.05, 0.1) is 5.02 Å². The first kappa shape index (κ1) is 18.9. The first-order chi connectivity index (χ1) is 12.4. The van der Waals surface area contributed by atoms with Crippen molar-refractivity contribution in [2.75, 3.05) is 5.32 Å². The van der Waals surface area contributed by atoms with Crippen LogP contribution in [0.3, 0.4) is 0 Å². The molecule has 1 aromatic heterocycles. The van der Waals surface area contributed by atoms with Gasteiger partial charge in [0.2, 0.25) is 0 Å². The lowest BCUT2D eigenvalue weighted by Crippen LogP contribution is -2.40. The van der Waals surface area contributed by atoms with E-state index in [-0.39, 0.29) is 23.0 Å². The normalized spacial score (nSPS) is 19.8. The highest BCUT2D eigenvalue weighted by Gasteiger charge is 2.23. The van der Waals surface area contributed by atoms with Crippen molar-refractivity contribution in [2.45, 2.75) is 44.7 Å². The summed E-state index contributed by atoms with van der Waals surface area (Å²) in [5.74, 6) is 0.575. The second-order valence-electron chi connectivity index (χ2n) is 6.42. The molecule has 26 heavy (non-hydrogen) atoms. The van der Waals surface area contributed by atoms with Crippen LogP contribution in [0.2, 0.25) is 10.2 Å². The van der Waals surface area contributed by atoms with Gasteiger partial charge in [0.25, 0.3) is 5.91 Å². The predicted octanol–water partition coefficient (Wildman–Crippen LogP) is 4.38. The Bertz CT molecular complexity index is 790. The van der Waals surface area contributed by atoms with Crippen LogP contribution in [-0.2, 0) is 0 Å². The van der Waals surface area contributed by atoms with Gasteiger partial charge in [0, 0.05) is 23.7 Å². The molecular formula is C18H19Cl2FN4O. The lowest BCUT2D eigenvalue weighted by Gasteiger charge is -2.30. The third-order valence-electron chi connectivity index (χ3n) is 4.40. The van der Waals surface area contributed by atoms with Crippen molar-refractivity contribution in [1.29, 1.82) is 0 Å². The summed E-state index contributed by atoms with van der Waals surface area (Å²) in [6.07, 6.45) is 3.48. The van der Waals surface area contributed by atoms with Crippen molar-refractivity contribution in [2.24, 2.45) is 0 Å². The monoisotopic (exact) mass is 396 g/mol. The number of amides is 1. The smallest absolute Gasteiger partial charge is 0.251 e. The first-order valence-corrected chi connectivity index (χ1v) is 9.20. The molecule has 5 nitrogen and oxygen atoms in total. The Hall–Kier alpha value is -1.92. The fourth-order valence-electron chi connectivity index (χ4n) is 3.10. The Morgan fingerprint density at radius 1 is 1.12 bits per heavy atom. The third kappa shape index (κ3) is 4.83. The van der Waals surface area contributed by atoms with Crippen molar-refractivity contribution in [3.05, 3.63) is 51.6 Å². The van der Waals surface area contributed by atoms with Gasteiger partial charge in [-0.3, -0.25) is 4.79 Å². The van der Waals surface area contributed by atoms with E-state index >= 15 is 0 Å². The van der Waals surface area contributed by atoms with Crippen LogP contribution in [-0.4, -0.2) is 28.0 Å². The largest absolute Gasteiger partial charge is 0.367 e. The zero-order chi connectivity index (χ0) is 18.7. The summed E-state index contributed by atoms with van der Waals surface area (Å²) in [6.45, 7) is 1.80. The molecule has 1 heterocycles. The number of aromatic nitrogens is 2. The topological polar surface area (TPSA) is 66.9 Å². The minimum atomic E-state index is -0.533. The molecule has 1 aromatic carbocycles. The van der Waals surface area contributed by atoms with E-state index in [1.165, 1.54) is 18.2 Å². The molecule has 1 aliphatic carbocycles. The fraction of sp³-hybridized carbons (Fsp3) is 0.389. The fourth-order valence-corrected chi connectivity index (χ4v) is 3.51. The molecule has 1 saturated carbocycles. The molecule has 1 aliphatic rings. The van der Waals surface area contributed by atoms with Gasteiger partial charge in [-0.2, -0.15) is 0 Å². The SMILES string of the molecule is Cc1nc(Cl)cc(N[C@H]2CC[C@@H](NC(=O)c3ccc(F)c(Cl)c3)CC2)n1. The van der Waals surface area contributed by atoms with Gasteiger partial charge < -0.3 is 10.6 Å². The van der Waals surface area contributed by atoms with Gasteiger partial charge in [-0.05, 0) is 50.8 Å². The molecule has 0 aliphatic heterocycles. The number of hydrogen-bond donors (Lipinski definition) is 2. The Kier molecular flexibility index (Phi) is 5.94. The number of aryl methyl sites for hydroxylation is 1. The van der Waals surface area contributed by atoms with Crippen LogP contribution < -0.4 is 10.6 Å². The number of halogens is 3. The number of hydrogen-bond acceptors (Lipinski definition) is 4. The second kappa shape index (κ2) is 8.18. The Morgan fingerprint density at radius 3 is 2.46 bits per heavy atom. The number of anilines is 1. The predicted molar refractivity (Wildman–Crippen MR) is 100 cm³/mol. The van der Waals surface area contributed by atoms with Gasteiger partial charge >= 0.3 is 0 Å². The maximum atomic E-state index is 13.2. The van der Waals surface area contributed by atoms with Crippen LogP contribution in [0, 0.1) is 12.7 Å². The van der Waals surface area contributed by atoms with Crippen molar-refractivity contribution >= 4 is 34.9 Å². The molecule has 3 rings (SSSR count). The van der Waals surface area contributed by atoms with Crippen LogP contribution in [0.4, 0.5) is 10.2 Å². The zero-order valence-electron chi connectivity index (χ0n) is 14.2. The molecule has 2 N–H and O–H groups in total. The molecule has 138 valence electrons. The molecule has 0 spiro atoms. The van der Waals surface area contributed by atoms with Gasteiger partial charge in [-0.25, -0.2) is 14.4 Å². The van der Waals surface area contributed by atoms with E-state index in [1.54, 1.807) is 13.0 Å². The molecule has 0 atom stereocenters. The summed E-state index contributed by atoms with van der Waals surface area (Å²) in [5, 5.41) is 6.73. The molecule has 8 heteroatoms. The van der Waals surface area contributed by atoms with E-state index in [4.69, 9.17) is 23.2 Å². The van der Waals surface area contributed by atoms with E-state index in [9.17, 15) is 9.18 Å². The minimum Gasteiger partial charge on any atom is -0.367 e. The Morgan fingerprint density at radius 2 is 1.81 bits per heavy atom. The average Bonchev–Trinajstić information content (AvgIpc) is 2.58. The van der Waals surface area contributed by atoms with Crippen molar-refractivity contribution < 1.29 is 9.18 Å². The van der Waals surface area contributed by atoms with Crippen molar-refractivity contribution in [1.82, 2.24) is 15.3 Å². The highest BCUT2D eigenvalue weighted by atomic mass is 35.5. The molecule has 0 radical (unpaired) electrons. The second-order valence-corrected chi connectivity index (χ2v) is 7.21. The van der Waals surface area contributed by atoms with Crippen LogP contribution in [0.1, 0.15) is 41.9 Å². The number of nitrogens with one attached hydrogen (secondary N) is 2. The summed E-state index contributed by atoms with van der Waals surface area (Å²) in [4.78, 5) is 20.7. The standard InChI is InChI=1S/C18H19Cl2FN4O/c1-10-22-16(20)9-17(23-10)24-12-3-5-13(6-4-12)25-18(26)11-2-7-15(21)14(19)8-11/h2,7-9,12-13H,3-6H2,1H3,(H,25,26)(H,22,23,24)/t12-,13+. The molecule has 1 fully saturated rings. The van der Waals surface area contributed by atoms with Gasteiger partial charge in [0.1, 0.15) is 22.6 Å². The summed E-state index contributed by atoms with van der Waals surface area (Å²) in [6, 6.07) is 6.05. The van der Waals surface area contributed by atoms with Crippen LogP contribution in [0.5, 0.6) is 0 Å². The molecule has 2 aromatic rings. The number of carbonyl (C=O) groups excluding carboxylic acids is 1. The lowest BCUT2D eigenvalue weighted by molar-refractivity contribution is 0.0926. The van der Waals surface area contributed by atoms with E-state index < -0.39 is 5.82 Å². The highest BCUT2D eigenvalue weighted by molar-refractivity contribution is 6.31. The summed E-state index contributed by atoms with van der Waals surface area (Å²) >= 11 is 11.7. The number of rotatable bonds is 4. The molecule has 1 amide bonds. The van der Waals surface area contributed by atoms with Crippen LogP contribution in [0.15, 0.2) is 24.3 Å². The Labute approximate surface area is 161 Å². The van der Waals surface area contributed by atoms with Crippen molar-refractivity contribution in [3.63, 3.8) is 0 Å². The third-order valence-corrected chi connectivity index (χ3v) is 4.89. The summed E-state index contributed by atoms with van der Waals surface area (Å²) in [5.41, 5.74) is 0.364. The summed E-state index contributed by atoms with van der Waals surface area (Å²) in [7, 11) is 0. The average molecular weight is 397 g/mol. The zero-order valence-corrected chi connectivity index (χ0v) is 15.7. The molecule has 0 unspecified atom stereocenters. The Balaban J connectivity index is 1.51. The number of carbonyl (C=O) groups is 1. The van der Waals surface area contributed by atoms with E-state index in [1.807, 2.05) is 0 Å². The first-order valence-electron chi connectivity index (χ1n) is 8.44. The molecule has 0 bridgehead atoms. The quantitative estimate of drug-likeness (QED) is 0.752. The number of benzene rings is 1. The highest BCUT2D eigenvalue weighted by Crippen LogP contribution is 2.23. The van der Waals surface area contributed by atoms with Crippen LogP contribution in [0.25, 0.3) is 0 Å². The molecular weight excluding hydrogens is 378 g/mol. The lowest BCUT2D eigenvalue weighted by atomic mass is 9.91. The van der Waals surface area contributed by atoms with Gasteiger partial charge in [-0.1, -0.05) is 23.2 Å². The minimum absolute atomic E-state index is 0.0515. The van der Waals surface area contributed by atoms with E-state index in [0.717, 1.165) is 31.5 Å². The van der Waals surface area contributed by atoms with Gasteiger partial charge in [0.15, 0.2) is 0 Å². The van der Waals surface area contributed by atoms with E-state index in [2.05, 4.69) is 20.6 Å². The van der Waals surface area contributed by atoms with Gasteiger partial charge in [-0.15, -0.1) is 0 Å². The maximum Gasteiger partial charge on any atom is 0.251 e. The van der Waals surface area contributed by atoms with Crippen LogP contribution >= 0.6 is 23.2 Å². The summed E-state index contributed by atoms with van der Waals surface area (Å²) < 4.78 is 13.2. The maximum absolute atomic E-state index is 13.2. The number of nitrogens with zero attached hydrogens (tertiary/aromatic N) is 2.